The summed E-state index contributed by atoms with van der Waals surface area (Å²) in [5.41, 5.74) is 0. The molecule has 3 rings (SSSR count). The monoisotopic (exact) mass is 384 g/mol. The molecular weight excluding hydrogens is 371 g/mol. The number of amides is 1. The third-order valence-electron chi connectivity index (χ3n) is 3.91. The summed E-state index contributed by atoms with van der Waals surface area (Å²) in [6.45, 7) is 1.57. The molecule has 25 heavy (non-hydrogen) atoms. The molecule has 1 unspecified atom stereocenters. The Bertz CT molecular complexity index is 839. The number of carboxylic acids is 1. The molecule has 0 saturated heterocycles. The highest BCUT2D eigenvalue weighted by atomic mass is 35.5. The average Bonchev–Trinajstić information content (AvgIpc) is 2.95. The van der Waals surface area contributed by atoms with Crippen LogP contribution in [0, 0.1) is 6.92 Å². The molecule has 1 amide bonds. The van der Waals surface area contributed by atoms with Crippen molar-refractivity contribution in [3.63, 3.8) is 0 Å². The fraction of sp³-hybridized carbons (Fsp3) is 0.333. The molecule has 1 aromatic carbocycles. The van der Waals surface area contributed by atoms with E-state index in [1.807, 2.05) is 0 Å². The number of benzene rings is 1. The number of nitrogens with zero attached hydrogens (tertiary/aromatic N) is 4. The molecule has 2 aromatic rings. The van der Waals surface area contributed by atoms with E-state index in [-0.39, 0.29) is 19.7 Å². The number of rotatable bonds is 4. The van der Waals surface area contributed by atoms with Gasteiger partial charge < -0.3 is 19.3 Å². The molecule has 8 nitrogen and oxygen atoms in total. The van der Waals surface area contributed by atoms with Crippen molar-refractivity contribution < 1.29 is 19.4 Å². The first-order valence-electron chi connectivity index (χ1n) is 7.35. The highest BCUT2D eigenvalue weighted by Gasteiger charge is 2.36. The van der Waals surface area contributed by atoms with Gasteiger partial charge in [-0.15, -0.1) is 10.2 Å². The van der Waals surface area contributed by atoms with Crippen molar-refractivity contribution in [2.45, 2.75) is 26.1 Å². The van der Waals surface area contributed by atoms with Crippen molar-refractivity contribution in [2.24, 2.45) is 0 Å². The highest BCUT2D eigenvalue weighted by Crippen LogP contribution is 2.26. The van der Waals surface area contributed by atoms with Crippen LogP contribution in [-0.4, -0.2) is 49.3 Å². The lowest BCUT2D eigenvalue weighted by Gasteiger charge is -2.33. The molecule has 0 aliphatic carbocycles. The number of carbonyl (C=O) groups is 2. The van der Waals surface area contributed by atoms with Gasteiger partial charge in [-0.3, -0.25) is 4.79 Å². The molecule has 2 heterocycles. The van der Waals surface area contributed by atoms with Gasteiger partial charge in [0.25, 0.3) is 5.91 Å². The number of ether oxygens (including phenoxy) is 1. The van der Waals surface area contributed by atoms with E-state index in [1.54, 1.807) is 23.6 Å². The van der Waals surface area contributed by atoms with Crippen molar-refractivity contribution in [3.05, 3.63) is 39.9 Å². The minimum Gasteiger partial charge on any atom is -0.484 e. The Kier molecular flexibility index (Phi) is 4.82. The maximum Gasteiger partial charge on any atom is 0.328 e. The lowest BCUT2D eigenvalue weighted by atomic mass is 10.2. The molecule has 1 atom stereocenters. The van der Waals surface area contributed by atoms with Crippen LogP contribution < -0.4 is 4.74 Å². The van der Waals surface area contributed by atoms with Gasteiger partial charge in [-0.25, -0.2) is 4.79 Å². The maximum atomic E-state index is 12.5. The third kappa shape index (κ3) is 3.54. The third-order valence-corrected chi connectivity index (χ3v) is 4.65. The summed E-state index contributed by atoms with van der Waals surface area (Å²) in [7, 11) is 0. The zero-order valence-electron chi connectivity index (χ0n) is 13.1. The Labute approximate surface area is 152 Å². The number of hydrogen-bond donors (Lipinski definition) is 1. The van der Waals surface area contributed by atoms with Gasteiger partial charge in [-0.05, 0) is 19.1 Å². The number of hydrogen-bond acceptors (Lipinski definition) is 5. The molecule has 0 bridgehead atoms. The Hall–Kier alpha value is -2.32. The first-order valence-corrected chi connectivity index (χ1v) is 8.11. The summed E-state index contributed by atoms with van der Waals surface area (Å²) >= 11 is 11.7. The Morgan fingerprint density at radius 3 is 2.76 bits per heavy atom. The minimum absolute atomic E-state index is 0.0569. The summed E-state index contributed by atoms with van der Waals surface area (Å²) in [6, 6.07) is 3.61. The van der Waals surface area contributed by atoms with Crippen LogP contribution in [0.3, 0.4) is 0 Å². The van der Waals surface area contributed by atoms with Crippen LogP contribution in [-0.2, 0) is 22.7 Å². The number of carboxylic acid groups (broad SMARTS) is 1. The van der Waals surface area contributed by atoms with E-state index in [9.17, 15) is 14.7 Å². The summed E-state index contributed by atoms with van der Waals surface area (Å²) in [5, 5.41) is 18.0. The minimum atomic E-state index is -1.10. The largest absolute Gasteiger partial charge is 0.484 e. The second kappa shape index (κ2) is 6.89. The van der Waals surface area contributed by atoms with Crippen LogP contribution in [0.2, 0.25) is 10.0 Å². The number of fused-ring (bicyclic) bond motifs is 1. The van der Waals surface area contributed by atoms with Gasteiger partial charge in [0.2, 0.25) is 0 Å². The van der Waals surface area contributed by atoms with Crippen LogP contribution in [0.1, 0.15) is 11.6 Å². The van der Waals surface area contributed by atoms with Crippen molar-refractivity contribution in [3.8, 4) is 5.75 Å². The Balaban J connectivity index is 1.73. The summed E-state index contributed by atoms with van der Waals surface area (Å²) in [6.07, 6.45) is 0. The van der Waals surface area contributed by atoms with E-state index in [4.69, 9.17) is 27.9 Å². The van der Waals surface area contributed by atoms with Crippen LogP contribution in [0.15, 0.2) is 18.2 Å². The summed E-state index contributed by atoms with van der Waals surface area (Å²) in [4.78, 5) is 25.2. The maximum absolute atomic E-state index is 12.5. The van der Waals surface area contributed by atoms with Gasteiger partial charge in [0.1, 0.15) is 17.6 Å². The summed E-state index contributed by atoms with van der Waals surface area (Å²) < 4.78 is 7.10. The fourth-order valence-corrected chi connectivity index (χ4v) is 2.87. The van der Waals surface area contributed by atoms with Gasteiger partial charge in [-0.1, -0.05) is 23.2 Å². The number of aromatic nitrogens is 3. The highest BCUT2D eigenvalue weighted by molar-refractivity contribution is 6.42. The first kappa shape index (κ1) is 17.5. The predicted molar refractivity (Wildman–Crippen MR) is 88.7 cm³/mol. The van der Waals surface area contributed by atoms with Crippen molar-refractivity contribution >= 4 is 35.1 Å². The van der Waals surface area contributed by atoms with Crippen LogP contribution in [0.5, 0.6) is 5.75 Å². The number of aryl methyl sites for hydroxylation is 1. The van der Waals surface area contributed by atoms with E-state index < -0.39 is 17.9 Å². The number of halogens is 2. The van der Waals surface area contributed by atoms with Gasteiger partial charge in [0.05, 0.1) is 23.1 Å². The second-order valence-corrected chi connectivity index (χ2v) is 6.33. The van der Waals surface area contributed by atoms with E-state index in [1.165, 1.54) is 11.0 Å². The van der Waals surface area contributed by atoms with Gasteiger partial charge >= 0.3 is 5.97 Å². The molecule has 132 valence electrons. The van der Waals surface area contributed by atoms with Gasteiger partial charge in [-0.2, -0.15) is 0 Å². The van der Waals surface area contributed by atoms with Gasteiger partial charge in [0.15, 0.2) is 12.4 Å². The molecule has 1 aliphatic rings. The topological polar surface area (TPSA) is 97.5 Å². The van der Waals surface area contributed by atoms with E-state index in [0.29, 0.717) is 27.4 Å². The molecule has 1 aliphatic heterocycles. The average molecular weight is 385 g/mol. The first-order chi connectivity index (χ1) is 11.9. The Morgan fingerprint density at radius 1 is 1.32 bits per heavy atom. The molecule has 0 fully saturated rings. The second-order valence-electron chi connectivity index (χ2n) is 5.51. The normalized spacial score (nSPS) is 16.4. The lowest BCUT2D eigenvalue weighted by Crippen LogP contribution is -2.52. The predicted octanol–water partition coefficient (Wildman–Crippen LogP) is 1.77. The fourth-order valence-electron chi connectivity index (χ4n) is 2.58. The summed E-state index contributed by atoms with van der Waals surface area (Å²) in [5.74, 6) is -0.0454. The molecule has 1 N–H and O–H groups in total. The molecular formula is C15H14Cl2N4O4. The molecule has 0 spiro atoms. The lowest BCUT2D eigenvalue weighted by molar-refractivity contribution is -0.153. The van der Waals surface area contributed by atoms with E-state index >= 15 is 0 Å². The number of carbonyl (C=O) groups excluding carboxylic acids is 1. The van der Waals surface area contributed by atoms with Gasteiger partial charge in [0, 0.05) is 6.07 Å². The SMILES string of the molecule is Cc1nnc2n1CC(C(=O)O)N(C(=O)COc1ccc(Cl)c(Cl)c1)C2. The van der Waals surface area contributed by atoms with Crippen LogP contribution in [0.25, 0.3) is 0 Å². The molecule has 0 saturated carbocycles. The smallest absolute Gasteiger partial charge is 0.328 e. The molecule has 1 aromatic heterocycles. The van der Waals surface area contributed by atoms with Crippen molar-refractivity contribution in [1.29, 1.82) is 0 Å². The van der Waals surface area contributed by atoms with E-state index in [2.05, 4.69) is 10.2 Å². The zero-order chi connectivity index (χ0) is 18.1. The Morgan fingerprint density at radius 2 is 2.08 bits per heavy atom. The molecule has 0 radical (unpaired) electrons. The standard InChI is InChI=1S/C15H14Cl2N4O4/c1-8-18-19-13-6-21(12(15(23)24)5-20(8)13)14(22)7-25-9-2-3-10(16)11(17)4-9/h2-4,12H,5-7H2,1H3,(H,23,24). The molecule has 10 heteroatoms. The van der Waals surface area contributed by atoms with Crippen molar-refractivity contribution in [2.75, 3.05) is 6.61 Å². The van der Waals surface area contributed by atoms with Crippen LogP contribution in [0.4, 0.5) is 0 Å². The zero-order valence-corrected chi connectivity index (χ0v) is 14.7. The van der Waals surface area contributed by atoms with Crippen LogP contribution >= 0.6 is 23.2 Å². The van der Waals surface area contributed by atoms with E-state index in [0.717, 1.165) is 0 Å². The van der Waals surface area contributed by atoms with Crippen molar-refractivity contribution in [1.82, 2.24) is 19.7 Å². The quantitative estimate of drug-likeness (QED) is 0.862. The number of aliphatic carboxylic acids is 1.